The maximum atomic E-state index is 12.4. The number of esters is 1. The normalized spacial score (nSPS) is 10.7. The number of Topliss-reactive ketones (excluding diaryl/α,β-unsaturated/α-hetero) is 1. The van der Waals surface area contributed by atoms with Gasteiger partial charge in [-0.3, -0.25) is 14.9 Å². The van der Waals surface area contributed by atoms with Crippen LogP contribution in [0.25, 0.3) is 0 Å². The zero-order valence-corrected chi connectivity index (χ0v) is 15.7. The highest BCUT2D eigenvalue weighted by Gasteiger charge is 2.19. The first-order chi connectivity index (χ1) is 12.7. The molecule has 0 radical (unpaired) electrons. The Morgan fingerprint density at radius 2 is 1.85 bits per heavy atom. The van der Waals surface area contributed by atoms with Crippen LogP contribution in [0.1, 0.15) is 41.6 Å². The molecule has 0 aliphatic carbocycles. The SMILES string of the molecule is Cc1cc(C(=O)COC(=O)COc2ccccc2[N+](=O)[O-])c(C)n1C(C)C. The maximum absolute atomic E-state index is 12.4. The third-order valence-corrected chi connectivity index (χ3v) is 4.07. The van der Waals surface area contributed by atoms with Gasteiger partial charge < -0.3 is 14.0 Å². The second kappa shape index (κ2) is 8.48. The molecule has 27 heavy (non-hydrogen) atoms. The summed E-state index contributed by atoms with van der Waals surface area (Å²) < 4.78 is 12.1. The molecule has 0 amide bonds. The standard InChI is InChI=1S/C19H22N2O6/c1-12(2)20-13(3)9-15(14(20)4)17(22)10-27-19(23)11-26-18-8-6-5-7-16(18)21(24)25/h5-9,12H,10-11H2,1-4H3. The van der Waals surface area contributed by atoms with Crippen molar-refractivity contribution in [3.8, 4) is 5.75 Å². The van der Waals surface area contributed by atoms with Gasteiger partial charge in [-0.05, 0) is 39.8 Å². The molecule has 2 rings (SSSR count). The number of nitro groups is 1. The van der Waals surface area contributed by atoms with Crippen LogP contribution in [-0.2, 0) is 9.53 Å². The molecule has 0 spiro atoms. The molecule has 144 valence electrons. The predicted octanol–water partition coefficient (Wildman–Crippen LogP) is 3.40. The fourth-order valence-electron chi connectivity index (χ4n) is 2.99. The lowest BCUT2D eigenvalue weighted by atomic mass is 10.1. The Morgan fingerprint density at radius 3 is 2.44 bits per heavy atom. The second-order valence-electron chi connectivity index (χ2n) is 6.35. The Balaban J connectivity index is 1.94. The average molecular weight is 374 g/mol. The Labute approximate surface area is 156 Å². The molecule has 0 unspecified atom stereocenters. The minimum absolute atomic E-state index is 0.0359. The first kappa shape index (κ1) is 20.2. The molecule has 2 aromatic rings. The summed E-state index contributed by atoms with van der Waals surface area (Å²) in [6.07, 6.45) is 0. The number of ether oxygens (including phenoxy) is 2. The third kappa shape index (κ3) is 4.72. The summed E-state index contributed by atoms with van der Waals surface area (Å²) in [5, 5.41) is 10.9. The van der Waals surface area contributed by atoms with E-state index in [9.17, 15) is 19.7 Å². The van der Waals surface area contributed by atoms with Gasteiger partial charge in [0.15, 0.2) is 19.0 Å². The molecular weight excluding hydrogens is 352 g/mol. The molecule has 1 aromatic heterocycles. The van der Waals surface area contributed by atoms with Crippen molar-refractivity contribution in [2.75, 3.05) is 13.2 Å². The van der Waals surface area contributed by atoms with Gasteiger partial charge in [-0.25, -0.2) is 4.79 Å². The molecule has 0 fully saturated rings. The average Bonchev–Trinajstić information content (AvgIpc) is 2.92. The minimum Gasteiger partial charge on any atom is -0.475 e. The van der Waals surface area contributed by atoms with Crippen molar-refractivity contribution >= 4 is 17.4 Å². The minimum atomic E-state index is -0.779. The molecular formula is C19H22N2O6. The summed E-state index contributed by atoms with van der Waals surface area (Å²) in [5.41, 5.74) is 2.03. The number of rotatable bonds is 8. The molecule has 0 aliphatic rings. The highest BCUT2D eigenvalue weighted by molar-refractivity contribution is 5.99. The van der Waals surface area contributed by atoms with Crippen molar-refractivity contribution in [2.45, 2.75) is 33.7 Å². The molecule has 0 N–H and O–H groups in total. The molecule has 0 bridgehead atoms. The number of ketones is 1. The zero-order chi connectivity index (χ0) is 20.1. The third-order valence-electron chi connectivity index (χ3n) is 4.07. The maximum Gasteiger partial charge on any atom is 0.344 e. The van der Waals surface area contributed by atoms with Gasteiger partial charge in [0.2, 0.25) is 5.78 Å². The Kier molecular flexibility index (Phi) is 6.33. The lowest BCUT2D eigenvalue weighted by molar-refractivity contribution is -0.385. The highest BCUT2D eigenvalue weighted by atomic mass is 16.6. The first-order valence-electron chi connectivity index (χ1n) is 8.45. The highest BCUT2D eigenvalue weighted by Crippen LogP contribution is 2.25. The van der Waals surface area contributed by atoms with Gasteiger partial charge in [0, 0.05) is 29.1 Å². The predicted molar refractivity (Wildman–Crippen MR) is 98.2 cm³/mol. The molecule has 0 saturated heterocycles. The van der Waals surface area contributed by atoms with Gasteiger partial charge in [-0.2, -0.15) is 0 Å². The molecule has 0 aliphatic heterocycles. The van der Waals surface area contributed by atoms with Gasteiger partial charge in [0.25, 0.3) is 0 Å². The zero-order valence-electron chi connectivity index (χ0n) is 15.7. The van der Waals surface area contributed by atoms with E-state index < -0.39 is 24.1 Å². The summed E-state index contributed by atoms with van der Waals surface area (Å²) in [7, 11) is 0. The van der Waals surface area contributed by atoms with Crippen LogP contribution in [-0.4, -0.2) is 34.5 Å². The van der Waals surface area contributed by atoms with E-state index in [1.807, 2.05) is 32.3 Å². The molecule has 1 heterocycles. The van der Waals surface area contributed by atoms with Gasteiger partial charge in [-0.1, -0.05) is 12.1 Å². The number of hydrogen-bond acceptors (Lipinski definition) is 6. The van der Waals surface area contributed by atoms with Crippen molar-refractivity contribution in [3.05, 3.63) is 57.4 Å². The van der Waals surface area contributed by atoms with Crippen molar-refractivity contribution < 1.29 is 24.0 Å². The number of carbonyl (C=O) groups excluding carboxylic acids is 2. The van der Waals surface area contributed by atoms with Crippen LogP contribution in [0.2, 0.25) is 0 Å². The number of para-hydroxylation sites is 2. The van der Waals surface area contributed by atoms with E-state index in [-0.39, 0.29) is 23.3 Å². The van der Waals surface area contributed by atoms with Crippen LogP contribution in [0.4, 0.5) is 5.69 Å². The summed E-state index contributed by atoms with van der Waals surface area (Å²) >= 11 is 0. The summed E-state index contributed by atoms with van der Waals surface area (Å²) in [6, 6.07) is 7.70. The van der Waals surface area contributed by atoms with E-state index in [0.29, 0.717) is 5.56 Å². The summed E-state index contributed by atoms with van der Waals surface area (Å²) in [4.78, 5) is 34.5. The van der Waals surface area contributed by atoms with E-state index in [2.05, 4.69) is 0 Å². The van der Waals surface area contributed by atoms with Crippen LogP contribution in [0, 0.1) is 24.0 Å². The van der Waals surface area contributed by atoms with Crippen LogP contribution < -0.4 is 4.74 Å². The smallest absolute Gasteiger partial charge is 0.344 e. The van der Waals surface area contributed by atoms with E-state index >= 15 is 0 Å². The van der Waals surface area contributed by atoms with Gasteiger partial charge >= 0.3 is 11.7 Å². The van der Waals surface area contributed by atoms with Crippen LogP contribution in [0.5, 0.6) is 5.75 Å². The summed E-state index contributed by atoms with van der Waals surface area (Å²) in [6.45, 7) is 6.86. The molecule has 1 aromatic carbocycles. The van der Waals surface area contributed by atoms with E-state index in [4.69, 9.17) is 9.47 Å². The van der Waals surface area contributed by atoms with Gasteiger partial charge in [0.05, 0.1) is 4.92 Å². The number of nitro benzene ring substituents is 1. The molecule has 0 saturated carbocycles. The molecule has 0 atom stereocenters. The number of carbonyl (C=O) groups is 2. The lowest BCUT2D eigenvalue weighted by Crippen LogP contribution is -2.20. The molecule has 8 heteroatoms. The number of aryl methyl sites for hydroxylation is 1. The topological polar surface area (TPSA) is 101 Å². The number of aromatic nitrogens is 1. The largest absolute Gasteiger partial charge is 0.475 e. The number of hydrogen-bond donors (Lipinski definition) is 0. The van der Waals surface area contributed by atoms with E-state index in [0.717, 1.165) is 11.4 Å². The number of nitrogens with zero attached hydrogens (tertiary/aromatic N) is 2. The first-order valence-corrected chi connectivity index (χ1v) is 8.45. The van der Waals surface area contributed by atoms with Gasteiger partial charge in [0.1, 0.15) is 0 Å². The Hall–Kier alpha value is -3.16. The van der Waals surface area contributed by atoms with Crippen LogP contribution in [0.15, 0.2) is 30.3 Å². The van der Waals surface area contributed by atoms with Crippen LogP contribution >= 0.6 is 0 Å². The van der Waals surface area contributed by atoms with Gasteiger partial charge in [-0.15, -0.1) is 0 Å². The van der Waals surface area contributed by atoms with Crippen molar-refractivity contribution in [1.82, 2.24) is 4.57 Å². The van der Waals surface area contributed by atoms with Crippen LogP contribution in [0.3, 0.4) is 0 Å². The monoisotopic (exact) mass is 374 g/mol. The number of benzene rings is 1. The fourth-order valence-corrected chi connectivity index (χ4v) is 2.99. The quantitative estimate of drug-likeness (QED) is 0.304. The van der Waals surface area contributed by atoms with Crippen molar-refractivity contribution in [1.29, 1.82) is 0 Å². The second-order valence-corrected chi connectivity index (χ2v) is 6.35. The molecule has 8 nitrogen and oxygen atoms in total. The lowest BCUT2D eigenvalue weighted by Gasteiger charge is -2.13. The van der Waals surface area contributed by atoms with Crippen molar-refractivity contribution in [3.63, 3.8) is 0 Å². The van der Waals surface area contributed by atoms with E-state index in [1.165, 1.54) is 18.2 Å². The van der Waals surface area contributed by atoms with Crippen molar-refractivity contribution in [2.24, 2.45) is 0 Å². The summed E-state index contributed by atoms with van der Waals surface area (Å²) in [5.74, 6) is -1.13. The Bertz CT molecular complexity index is 869. The van der Waals surface area contributed by atoms with E-state index in [1.54, 1.807) is 12.1 Å². The Morgan fingerprint density at radius 1 is 1.19 bits per heavy atom. The fraction of sp³-hybridized carbons (Fsp3) is 0.368.